The summed E-state index contributed by atoms with van der Waals surface area (Å²) in [4.78, 5) is 35.2. The Morgan fingerprint density at radius 2 is 1.94 bits per heavy atom. The molecule has 33 heavy (non-hydrogen) atoms. The highest BCUT2D eigenvalue weighted by atomic mass is 32.1. The molecule has 9 heteroatoms. The first-order valence-electron chi connectivity index (χ1n) is 10.1. The van der Waals surface area contributed by atoms with Gasteiger partial charge < -0.3 is 10.5 Å². The van der Waals surface area contributed by atoms with Crippen LogP contribution < -0.4 is 16.0 Å². The van der Waals surface area contributed by atoms with Crippen LogP contribution >= 0.6 is 11.3 Å². The van der Waals surface area contributed by atoms with Crippen molar-refractivity contribution in [3.8, 4) is 28.1 Å². The summed E-state index contributed by atoms with van der Waals surface area (Å²) in [6, 6.07) is 14.6. The standard InChI is InChI=1S/C24H19N5O3S/c1-13-10-19(30)29(28-13)24(31)22-21(25)20-17(14-5-7-16(32-2)8-6-14)11-18(27-23(20)33-22)15-4-3-9-26-12-15/h3-12,28H,25H2,1-2H3. The van der Waals surface area contributed by atoms with Gasteiger partial charge in [0.25, 0.3) is 11.5 Å². The Bertz CT molecular complexity index is 1550. The number of ether oxygens (including phenoxy) is 1. The number of hydrogen-bond donors (Lipinski definition) is 2. The number of nitrogens with one attached hydrogen (secondary N) is 1. The maximum absolute atomic E-state index is 13.2. The van der Waals surface area contributed by atoms with Gasteiger partial charge in [0.2, 0.25) is 0 Å². The Labute approximate surface area is 192 Å². The van der Waals surface area contributed by atoms with Crippen molar-refractivity contribution < 1.29 is 9.53 Å². The zero-order chi connectivity index (χ0) is 23.1. The highest BCUT2D eigenvalue weighted by Crippen LogP contribution is 2.41. The minimum absolute atomic E-state index is 0.250. The number of carbonyl (C=O) groups excluding carboxylic acids is 1. The number of hydrogen-bond acceptors (Lipinski definition) is 7. The van der Waals surface area contributed by atoms with Crippen LogP contribution in [0.25, 0.3) is 32.6 Å². The molecule has 0 aliphatic heterocycles. The number of nitrogen functional groups attached to an aromatic ring is 1. The number of rotatable bonds is 4. The normalized spacial score (nSPS) is 11.1. The summed E-state index contributed by atoms with van der Waals surface area (Å²) in [6.07, 6.45) is 3.43. The summed E-state index contributed by atoms with van der Waals surface area (Å²) in [5.74, 6) is 0.212. The van der Waals surface area contributed by atoms with E-state index in [1.54, 1.807) is 26.4 Å². The van der Waals surface area contributed by atoms with Gasteiger partial charge in [-0.15, -0.1) is 11.3 Å². The van der Waals surface area contributed by atoms with Crippen LogP contribution in [-0.2, 0) is 0 Å². The largest absolute Gasteiger partial charge is 0.497 e. The lowest BCUT2D eigenvalue weighted by molar-refractivity contribution is 0.0946. The van der Waals surface area contributed by atoms with Gasteiger partial charge in [0, 0.05) is 35.1 Å². The second-order valence-corrected chi connectivity index (χ2v) is 8.47. The second-order valence-electron chi connectivity index (χ2n) is 7.47. The first-order chi connectivity index (χ1) is 16.0. The topological polar surface area (TPSA) is 116 Å². The monoisotopic (exact) mass is 457 g/mol. The summed E-state index contributed by atoms with van der Waals surface area (Å²) in [6.45, 7) is 1.71. The smallest absolute Gasteiger partial charge is 0.291 e. The lowest BCUT2D eigenvalue weighted by Crippen LogP contribution is -2.24. The average Bonchev–Trinajstić information content (AvgIpc) is 3.36. The molecule has 0 unspecified atom stereocenters. The molecule has 164 valence electrons. The van der Waals surface area contributed by atoms with E-state index in [1.165, 1.54) is 6.07 Å². The van der Waals surface area contributed by atoms with Gasteiger partial charge in [-0.25, -0.2) is 4.98 Å². The van der Waals surface area contributed by atoms with Crippen LogP contribution in [0.3, 0.4) is 0 Å². The van der Waals surface area contributed by atoms with E-state index in [0.717, 1.165) is 38.5 Å². The molecule has 3 N–H and O–H groups in total. The number of aromatic nitrogens is 4. The van der Waals surface area contributed by atoms with Gasteiger partial charge >= 0.3 is 0 Å². The predicted octanol–water partition coefficient (Wildman–Crippen LogP) is 4.10. The zero-order valence-corrected chi connectivity index (χ0v) is 18.6. The van der Waals surface area contributed by atoms with Crippen LogP contribution in [0.15, 0.2) is 65.7 Å². The molecule has 0 radical (unpaired) electrons. The molecule has 0 atom stereocenters. The summed E-state index contributed by atoms with van der Waals surface area (Å²) in [5, 5.41) is 3.44. The first-order valence-corrected chi connectivity index (χ1v) is 10.9. The molecule has 4 aromatic heterocycles. The fourth-order valence-electron chi connectivity index (χ4n) is 3.71. The van der Waals surface area contributed by atoms with E-state index in [2.05, 4.69) is 10.1 Å². The number of nitrogens with zero attached hydrogens (tertiary/aromatic N) is 3. The number of fused-ring (bicyclic) bond motifs is 1. The molecule has 0 aliphatic carbocycles. The quantitative estimate of drug-likeness (QED) is 0.420. The van der Waals surface area contributed by atoms with Crippen molar-refractivity contribution in [1.82, 2.24) is 19.7 Å². The molecule has 0 bridgehead atoms. The summed E-state index contributed by atoms with van der Waals surface area (Å²) in [7, 11) is 1.61. The number of pyridine rings is 2. The summed E-state index contributed by atoms with van der Waals surface area (Å²) < 4.78 is 6.25. The maximum atomic E-state index is 13.2. The molecule has 0 spiro atoms. The Hall–Kier alpha value is -4.24. The van der Waals surface area contributed by atoms with Crippen molar-refractivity contribution in [3.63, 3.8) is 0 Å². The average molecular weight is 458 g/mol. The highest BCUT2D eigenvalue weighted by Gasteiger charge is 2.24. The number of methoxy groups -OCH3 is 1. The van der Waals surface area contributed by atoms with Crippen LogP contribution in [-0.4, -0.2) is 32.8 Å². The minimum atomic E-state index is -0.516. The highest BCUT2D eigenvalue weighted by molar-refractivity contribution is 7.21. The maximum Gasteiger partial charge on any atom is 0.291 e. The number of anilines is 1. The first kappa shape index (κ1) is 20.7. The Kier molecular flexibility index (Phi) is 5.02. The minimum Gasteiger partial charge on any atom is -0.497 e. The molecule has 8 nitrogen and oxygen atoms in total. The van der Waals surface area contributed by atoms with E-state index in [-0.39, 0.29) is 10.6 Å². The fraction of sp³-hybridized carbons (Fsp3) is 0.0833. The van der Waals surface area contributed by atoms with Gasteiger partial charge in [-0.2, -0.15) is 4.68 Å². The van der Waals surface area contributed by atoms with Crippen LogP contribution in [0.4, 0.5) is 5.69 Å². The van der Waals surface area contributed by atoms with E-state index in [4.69, 9.17) is 15.5 Å². The van der Waals surface area contributed by atoms with Crippen LogP contribution in [0.1, 0.15) is 15.4 Å². The molecular weight excluding hydrogens is 438 g/mol. The number of thiophene rings is 1. The van der Waals surface area contributed by atoms with E-state index in [1.807, 2.05) is 42.5 Å². The molecule has 4 heterocycles. The third-order valence-electron chi connectivity index (χ3n) is 5.30. The molecule has 5 aromatic rings. The van der Waals surface area contributed by atoms with Crippen molar-refractivity contribution in [1.29, 1.82) is 0 Å². The zero-order valence-electron chi connectivity index (χ0n) is 17.8. The lowest BCUT2D eigenvalue weighted by atomic mass is 10.00. The van der Waals surface area contributed by atoms with Gasteiger partial charge in [0.05, 0.1) is 18.5 Å². The van der Waals surface area contributed by atoms with E-state index in [0.29, 0.717) is 21.6 Å². The summed E-state index contributed by atoms with van der Waals surface area (Å²) >= 11 is 1.16. The number of aromatic amines is 1. The summed E-state index contributed by atoms with van der Waals surface area (Å²) in [5.41, 5.74) is 10.2. The van der Waals surface area contributed by atoms with Crippen molar-refractivity contribution in [2.45, 2.75) is 6.92 Å². The number of H-pyrrole nitrogens is 1. The fourth-order valence-corrected chi connectivity index (χ4v) is 4.76. The van der Waals surface area contributed by atoms with Crippen LogP contribution in [0, 0.1) is 6.92 Å². The van der Waals surface area contributed by atoms with Crippen molar-refractivity contribution in [2.24, 2.45) is 0 Å². The van der Waals surface area contributed by atoms with Crippen LogP contribution in [0.5, 0.6) is 5.75 Å². The van der Waals surface area contributed by atoms with E-state index in [9.17, 15) is 9.59 Å². The molecule has 0 fully saturated rings. The van der Waals surface area contributed by atoms with Gasteiger partial charge in [-0.3, -0.25) is 19.7 Å². The van der Waals surface area contributed by atoms with Crippen molar-refractivity contribution >= 4 is 33.1 Å². The van der Waals surface area contributed by atoms with E-state index >= 15 is 0 Å². The Balaban J connectivity index is 1.76. The number of nitrogens with two attached hydrogens (primary N) is 1. The van der Waals surface area contributed by atoms with Gasteiger partial charge in [0.1, 0.15) is 15.5 Å². The third-order valence-corrected chi connectivity index (χ3v) is 6.39. The molecule has 1 aromatic carbocycles. The predicted molar refractivity (Wildman–Crippen MR) is 129 cm³/mol. The second kappa shape index (κ2) is 8.03. The van der Waals surface area contributed by atoms with Crippen molar-refractivity contribution in [2.75, 3.05) is 12.8 Å². The molecular formula is C24H19N5O3S. The molecule has 0 saturated carbocycles. The molecule has 0 amide bonds. The lowest BCUT2D eigenvalue weighted by Gasteiger charge is -2.09. The van der Waals surface area contributed by atoms with Gasteiger partial charge in [-0.05, 0) is 48.4 Å². The Morgan fingerprint density at radius 3 is 2.58 bits per heavy atom. The van der Waals surface area contributed by atoms with E-state index < -0.39 is 11.5 Å². The SMILES string of the molecule is COc1ccc(-c2cc(-c3cccnc3)nc3sc(C(=O)n4[nH]c(C)cc4=O)c(N)c23)cc1. The Morgan fingerprint density at radius 1 is 1.15 bits per heavy atom. The number of carbonyl (C=O) groups is 1. The van der Waals surface area contributed by atoms with Gasteiger partial charge in [-0.1, -0.05) is 12.1 Å². The van der Waals surface area contributed by atoms with Gasteiger partial charge in [0.15, 0.2) is 0 Å². The molecule has 5 rings (SSSR count). The number of aryl methyl sites for hydroxylation is 1. The van der Waals surface area contributed by atoms with Crippen molar-refractivity contribution in [3.05, 3.63) is 81.8 Å². The molecule has 0 saturated heterocycles. The molecule has 0 aliphatic rings. The third kappa shape index (κ3) is 3.58. The number of benzene rings is 1. The van der Waals surface area contributed by atoms with Crippen LogP contribution in [0.2, 0.25) is 0 Å².